The Morgan fingerprint density at radius 2 is 1.97 bits per heavy atom. The van der Waals surface area contributed by atoms with Crippen molar-refractivity contribution in [3.63, 3.8) is 0 Å². The maximum absolute atomic E-state index is 14.7. The number of alkyl halides is 3. The van der Waals surface area contributed by atoms with Gasteiger partial charge in [0, 0.05) is 42.0 Å². The van der Waals surface area contributed by atoms with Crippen LogP contribution in [0.4, 0.5) is 23.5 Å². The molecule has 4 N–H and O–H groups in total. The number of carbonyl (C=O) groups is 1. The first kappa shape index (κ1) is 25.3. The summed E-state index contributed by atoms with van der Waals surface area (Å²) in [6, 6.07) is 5.80. The zero-order valence-electron chi connectivity index (χ0n) is 18.9. The average molecular weight is 482 g/mol. The zero-order chi connectivity index (χ0) is 25.2. The number of fused-ring (bicyclic) bond motifs is 1. The normalized spacial score (nSPS) is 18.1. The number of anilines is 1. The van der Waals surface area contributed by atoms with Gasteiger partial charge in [0.2, 0.25) is 5.95 Å². The van der Waals surface area contributed by atoms with Crippen LogP contribution in [-0.2, 0) is 11.8 Å². The molecular weight excluding hydrogens is 456 g/mol. The number of aryl methyl sites for hydroxylation is 1. The number of nitrogens with zero attached hydrogens (tertiary/aromatic N) is 4. The van der Waals surface area contributed by atoms with E-state index in [0.717, 1.165) is 35.9 Å². The van der Waals surface area contributed by atoms with Gasteiger partial charge in [0.1, 0.15) is 5.52 Å². The number of nitrogens with one attached hydrogen (secondary N) is 1. The highest BCUT2D eigenvalue weighted by molar-refractivity contribution is 5.87. The van der Waals surface area contributed by atoms with Crippen molar-refractivity contribution in [3.8, 4) is 11.3 Å². The van der Waals surface area contributed by atoms with Crippen molar-refractivity contribution in [3.05, 3.63) is 35.9 Å². The fraction of sp³-hybridized carbons (Fsp3) is 0.455. The highest BCUT2D eigenvalue weighted by atomic mass is 19.4. The van der Waals surface area contributed by atoms with Crippen LogP contribution in [0.1, 0.15) is 44.7 Å². The molecule has 1 aromatic carbocycles. The molecule has 3 aromatic rings. The van der Waals surface area contributed by atoms with E-state index in [0.29, 0.717) is 23.2 Å². The van der Waals surface area contributed by atoms with E-state index in [2.05, 4.69) is 34.2 Å². The molecule has 0 amide bonds. The van der Waals surface area contributed by atoms with E-state index in [1.165, 1.54) is 6.07 Å². The summed E-state index contributed by atoms with van der Waals surface area (Å²) in [5.74, 6) is -2.29. The van der Waals surface area contributed by atoms with Gasteiger partial charge >= 0.3 is 12.1 Å². The summed E-state index contributed by atoms with van der Waals surface area (Å²) in [4.78, 5) is 17.8. The summed E-state index contributed by atoms with van der Waals surface area (Å²) in [6.45, 7) is 4.17. The lowest BCUT2D eigenvalue weighted by Gasteiger charge is -2.13. The Morgan fingerprint density at radius 1 is 1.29 bits per heavy atom. The summed E-state index contributed by atoms with van der Waals surface area (Å²) in [5, 5.41) is 15.7. The van der Waals surface area contributed by atoms with E-state index in [-0.39, 0.29) is 17.8 Å². The lowest BCUT2D eigenvalue weighted by molar-refractivity contribution is -0.192. The first-order valence-electron chi connectivity index (χ1n) is 10.7. The predicted molar refractivity (Wildman–Crippen MR) is 119 cm³/mol. The second-order valence-electron chi connectivity index (χ2n) is 8.50. The van der Waals surface area contributed by atoms with Crippen LogP contribution in [0.15, 0.2) is 24.4 Å². The van der Waals surface area contributed by atoms with Gasteiger partial charge in [-0.1, -0.05) is 13.8 Å². The van der Waals surface area contributed by atoms with E-state index in [1.54, 1.807) is 16.9 Å². The molecule has 4 rings (SSSR count). The third-order valence-corrected chi connectivity index (χ3v) is 5.49. The Bertz CT molecular complexity index is 1180. The topological polar surface area (TPSA) is 119 Å². The standard InChI is InChI=1S/C20H25FN6.C2HF3O2/c1-11(2)19-15-8-12(9-16(21)18(15)26-27(19)3)17-6-7-23-20(25-17)24-14-5-4-13(22)10-14;3-2(4,5)1(6)7/h6-9,11,13-14H,4-5,10,22H2,1-3H3,(H,23,24,25);(H,6,7)/t13-,14-;/m0./s1. The number of carboxylic acid groups (broad SMARTS) is 1. The maximum atomic E-state index is 14.7. The minimum absolute atomic E-state index is 0.238. The summed E-state index contributed by atoms with van der Waals surface area (Å²) in [7, 11) is 1.85. The van der Waals surface area contributed by atoms with Gasteiger partial charge in [-0.05, 0) is 43.4 Å². The van der Waals surface area contributed by atoms with Crippen LogP contribution in [-0.4, -0.2) is 49.1 Å². The molecule has 0 spiro atoms. The van der Waals surface area contributed by atoms with E-state index < -0.39 is 12.1 Å². The van der Waals surface area contributed by atoms with Gasteiger partial charge in [0.15, 0.2) is 5.82 Å². The molecule has 8 nitrogen and oxygen atoms in total. The molecule has 1 saturated carbocycles. The number of aliphatic carboxylic acids is 1. The molecule has 2 aromatic heterocycles. The molecule has 184 valence electrons. The summed E-state index contributed by atoms with van der Waals surface area (Å²) in [6.07, 6.45) is -0.434. The van der Waals surface area contributed by atoms with E-state index in [4.69, 9.17) is 15.6 Å². The molecule has 0 bridgehead atoms. The summed E-state index contributed by atoms with van der Waals surface area (Å²) >= 11 is 0. The van der Waals surface area contributed by atoms with Gasteiger partial charge in [0.25, 0.3) is 0 Å². The fourth-order valence-corrected chi connectivity index (χ4v) is 4.03. The number of halogens is 4. The van der Waals surface area contributed by atoms with Crippen molar-refractivity contribution < 1.29 is 27.5 Å². The van der Waals surface area contributed by atoms with Crippen LogP contribution in [0.2, 0.25) is 0 Å². The van der Waals surface area contributed by atoms with Gasteiger partial charge in [0.05, 0.1) is 5.69 Å². The Morgan fingerprint density at radius 3 is 2.53 bits per heavy atom. The molecule has 2 atom stereocenters. The van der Waals surface area contributed by atoms with E-state index in [1.807, 2.05) is 13.1 Å². The highest BCUT2D eigenvalue weighted by Gasteiger charge is 2.38. The van der Waals surface area contributed by atoms with E-state index >= 15 is 0 Å². The van der Waals surface area contributed by atoms with Gasteiger partial charge in [-0.25, -0.2) is 19.2 Å². The number of benzene rings is 1. The minimum atomic E-state index is -5.08. The third-order valence-electron chi connectivity index (χ3n) is 5.49. The molecule has 0 radical (unpaired) electrons. The van der Waals surface area contributed by atoms with Crippen LogP contribution < -0.4 is 11.1 Å². The number of rotatable bonds is 4. The second-order valence-corrected chi connectivity index (χ2v) is 8.50. The van der Waals surface area contributed by atoms with Crippen LogP contribution in [0, 0.1) is 5.82 Å². The molecule has 1 fully saturated rings. The molecule has 0 aliphatic heterocycles. The lowest BCUT2D eigenvalue weighted by Crippen LogP contribution is -2.21. The Balaban J connectivity index is 0.000000406. The Kier molecular flexibility index (Phi) is 7.39. The van der Waals surface area contributed by atoms with Crippen molar-refractivity contribution in [1.82, 2.24) is 19.7 Å². The lowest BCUT2D eigenvalue weighted by atomic mass is 10.0. The Labute approximate surface area is 193 Å². The minimum Gasteiger partial charge on any atom is -0.475 e. The number of carboxylic acids is 1. The maximum Gasteiger partial charge on any atom is 0.490 e. The fourth-order valence-electron chi connectivity index (χ4n) is 4.03. The van der Waals surface area contributed by atoms with Crippen LogP contribution in [0.5, 0.6) is 0 Å². The van der Waals surface area contributed by atoms with Crippen molar-refractivity contribution in [1.29, 1.82) is 0 Å². The molecule has 0 saturated heterocycles. The summed E-state index contributed by atoms with van der Waals surface area (Å²) < 4.78 is 48.2. The van der Waals surface area contributed by atoms with Crippen LogP contribution >= 0.6 is 0 Å². The second kappa shape index (κ2) is 9.92. The van der Waals surface area contributed by atoms with Crippen LogP contribution in [0.3, 0.4) is 0 Å². The van der Waals surface area contributed by atoms with Gasteiger partial charge < -0.3 is 16.2 Å². The highest BCUT2D eigenvalue weighted by Crippen LogP contribution is 2.31. The van der Waals surface area contributed by atoms with Crippen molar-refractivity contribution in [2.45, 2.75) is 57.3 Å². The van der Waals surface area contributed by atoms with Crippen molar-refractivity contribution in [2.24, 2.45) is 12.8 Å². The molecule has 0 unspecified atom stereocenters. The SMILES string of the molecule is CC(C)c1c2cc(-c3ccnc(N[C@H]4CC[C@H](N)C4)n3)cc(F)c2nn1C.O=C(O)C(F)(F)F. The summed E-state index contributed by atoms with van der Waals surface area (Å²) in [5.41, 5.74) is 8.81. The molecule has 1 aliphatic carbocycles. The van der Waals surface area contributed by atoms with Gasteiger partial charge in [-0.2, -0.15) is 18.3 Å². The molecular formula is C22H26F4N6O2. The number of hydrogen-bond acceptors (Lipinski definition) is 6. The first-order chi connectivity index (χ1) is 15.9. The quantitative estimate of drug-likeness (QED) is 0.477. The predicted octanol–water partition coefficient (Wildman–Crippen LogP) is 4.22. The molecule has 12 heteroatoms. The largest absolute Gasteiger partial charge is 0.490 e. The van der Waals surface area contributed by atoms with Gasteiger partial charge in [-0.3, -0.25) is 4.68 Å². The smallest absolute Gasteiger partial charge is 0.475 e. The number of hydrogen-bond donors (Lipinski definition) is 3. The first-order valence-corrected chi connectivity index (χ1v) is 10.7. The number of nitrogens with two attached hydrogens (primary N) is 1. The Hall–Kier alpha value is -3.28. The monoisotopic (exact) mass is 482 g/mol. The van der Waals surface area contributed by atoms with Crippen molar-refractivity contribution in [2.75, 3.05) is 5.32 Å². The third kappa shape index (κ3) is 5.79. The zero-order valence-corrected chi connectivity index (χ0v) is 18.9. The average Bonchev–Trinajstić information content (AvgIpc) is 3.30. The van der Waals surface area contributed by atoms with Crippen LogP contribution in [0.25, 0.3) is 22.2 Å². The van der Waals surface area contributed by atoms with E-state index in [9.17, 15) is 17.6 Å². The molecule has 34 heavy (non-hydrogen) atoms. The number of aromatic nitrogens is 4. The molecule has 1 aliphatic rings. The van der Waals surface area contributed by atoms with Crippen molar-refractivity contribution >= 4 is 22.8 Å². The van der Waals surface area contributed by atoms with Gasteiger partial charge in [-0.15, -0.1) is 0 Å². The molecule has 2 heterocycles.